The number of hydrogen-bond donors (Lipinski definition) is 3. The molecular weight excluding hydrogens is 314 g/mol. The lowest BCUT2D eigenvalue weighted by Crippen LogP contribution is -2.15. The fourth-order valence-corrected chi connectivity index (χ4v) is 1.93. The summed E-state index contributed by atoms with van der Waals surface area (Å²) in [5, 5.41) is 18.1. The molecule has 0 atom stereocenters. The molecule has 2 aromatic rings. The number of carbonyl (C=O) groups is 2. The number of carboxylic acids is 1. The summed E-state index contributed by atoms with van der Waals surface area (Å²) in [5.74, 6) is -1.52. The Balaban J connectivity index is 2.32. The Morgan fingerprint density at radius 2 is 2.11 bits per heavy atom. The molecule has 0 fully saturated rings. The second kappa shape index (κ2) is 5.23. The zero-order chi connectivity index (χ0) is 14.0. The molecule has 0 unspecified atom stereocenters. The molecule has 0 aliphatic heterocycles. The highest BCUT2D eigenvalue weighted by Gasteiger charge is 2.16. The van der Waals surface area contributed by atoms with Crippen molar-refractivity contribution in [2.45, 2.75) is 6.92 Å². The zero-order valence-electron chi connectivity index (χ0n) is 9.90. The van der Waals surface area contributed by atoms with Gasteiger partial charge in [0.25, 0.3) is 5.91 Å². The normalized spacial score (nSPS) is 10.2. The fourth-order valence-electron chi connectivity index (χ4n) is 1.57. The van der Waals surface area contributed by atoms with Crippen LogP contribution in [0.15, 0.2) is 28.9 Å². The number of nitrogens with one attached hydrogen (secondary N) is 2. The average molecular weight is 324 g/mol. The molecule has 1 aromatic heterocycles. The topological polar surface area (TPSA) is 95.1 Å². The van der Waals surface area contributed by atoms with Gasteiger partial charge in [0.2, 0.25) is 0 Å². The number of carboxylic acid groups (broad SMARTS) is 1. The maximum Gasteiger partial charge on any atom is 0.337 e. The number of nitrogens with zero attached hydrogens (tertiary/aromatic N) is 1. The summed E-state index contributed by atoms with van der Waals surface area (Å²) < 4.78 is 0.627. The number of benzene rings is 1. The first-order valence-corrected chi connectivity index (χ1v) is 6.12. The number of hydrogen-bond acceptors (Lipinski definition) is 3. The van der Waals surface area contributed by atoms with E-state index in [2.05, 4.69) is 31.4 Å². The first kappa shape index (κ1) is 13.3. The largest absolute Gasteiger partial charge is 0.478 e. The number of aromatic amines is 1. The number of anilines is 1. The minimum atomic E-state index is -1.11. The van der Waals surface area contributed by atoms with Crippen LogP contribution in [0.2, 0.25) is 0 Å². The predicted octanol–water partition coefficient (Wildman–Crippen LogP) is 2.43. The fraction of sp³-hybridized carbons (Fsp3) is 0.0833. The van der Waals surface area contributed by atoms with Gasteiger partial charge >= 0.3 is 5.97 Å². The van der Waals surface area contributed by atoms with Crippen LogP contribution in [-0.2, 0) is 0 Å². The Hall–Kier alpha value is -2.15. The first-order chi connectivity index (χ1) is 8.99. The Bertz CT molecular complexity index is 651. The molecule has 1 heterocycles. The molecule has 7 heteroatoms. The van der Waals surface area contributed by atoms with Gasteiger partial charge in [0.1, 0.15) is 0 Å². The van der Waals surface area contributed by atoms with Crippen molar-refractivity contribution < 1.29 is 14.7 Å². The van der Waals surface area contributed by atoms with Crippen LogP contribution in [0.3, 0.4) is 0 Å². The summed E-state index contributed by atoms with van der Waals surface area (Å²) in [6.45, 7) is 1.71. The van der Waals surface area contributed by atoms with E-state index in [1.807, 2.05) is 0 Å². The third-order valence-electron chi connectivity index (χ3n) is 2.53. The number of halogens is 1. The molecule has 98 valence electrons. The second-order valence-corrected chi connectivity index (χ2v) is 4.77. The standard InChI is InChI=1S/C12H10BrN3O3/c1-6-9(5-14-16-6)11(17)15-10-3-2-7(13)4-8(10)12(18)19/h2-5H,1H3,(H,14,16)(H,15,17)(H,18,19). The quantitative estimate of drug-likeness (QED) is 0.808. The number of rotatable bonds is 3. The van der Waals surface area contributed by atoms with Crippen molar-refractivity contribution >= 4 is 33.5 Å². The van der Waals surface area contributed by atoms with E-state index in [1.54, 1.807) is 13.0 Å². The van der Waals surface area contributed by atoms with Gasteiger partial charge in [-0.3, -0.25) is 9.89 Å². The molecule has 2 rings (SSSR count). The summed E-state index contributed by atoms with van der Waals surface area (Å²) >= 11 is 3.19. The number of carbonyl (C=O) groups excluding carboxylic acids is 1. The van der Waals surface area contributed by atoms with E-state index in [1.165, 1.54) is 18.3 Å². The highest BCUT2D eigenvalue weighted by Crippen LogP contribution is 2.22. The van der Waals surface area contributed by atoms with Crippen LogP contribution in [0.25, 0.3) is 0 Å². The van der Waals surface area contributed by atoms with Crippen molar-refractivity contribution in [1.29, 1.82) is 0 Å². The molecule has 0 aliphatic rings. The lowest BCUT2D eigenvalue weighted by atomic mass is 10.1. The molecule has 0 saturated heterocycles. The molecule has 0 aliphatic carbocycles. The lowest BCUT2D eigenvalue weighted by Gasteiger charge is -2.08. The summed E-state index contributed by atoms with van der Waals surface area (Å²) in [5.41, 5.74) is 1.25. The van der Waals surface area contributed by atoms with Crippen LogP contribution < -0.4 is 5.32 Å². The van der Waals surface area contributed by atoms with Crippen molar-refractivity contribution in [1.82, 2.24) is 10.2 Å². The highest BCUT2D eigenvalue weighted by atomic mass is 79.9. The summed E-state index contributed by atoms with van der Waals surface area (Å²) in [7, 11) is 0. The average Bonchev–Trinajstić information content (AvgIpc) is 2.77. The maximum atomic E-state index is 12.0. The molecule has 0 radical (unpaired) electrons. The van der Waals surface area contributed by atoms with Crippen molar-refractivity contribution in [3.05, 3.63) is 45.7 Å². The molecule has 0 bridgehead atoms. The Kier molecular flexibility index (Phi) is 3.66. The van der Waals surface area contributed by atoms with Crippen LogP contribution in [-0.4, -0.2) is 27.2 Å². The summed E-state index contributed by atoms with van der Waals surface area (Å²) in [4.78, 5) is 23.1. The first-order valence-electron chi connectivity index (χ1n) is 5.33. The monoisotopic (exact) mass is 323 g/mol. The number of amides is 1. The van der Waals surface area contributed by atoms with E-state index in [-0.39, 0.29) is 11.3 Å². The van der Waals surface area contributed by atoms with Crippen molar-refractivity contribution in [3.8, 4) is 0 Å². The van der Waals surface area contributed by atoms with Crippen LogP contribution in [0.4, 0.5) is 5.69 Å². The van der Waals surface area contributed by atoms with E-state index in [4.69, 9.17) is 5.11 Å². The maximum absolute atomic E-state index is 12.0. The lowest BCUT2D eigenvalue weighted by molar-refractivity contribution is 0.0698. The molecule has 1 aromatic carbocycles. The summed E-state index contributed by atoms with van der Waals surface area (Å²) in [6, 6.07) is 4.62. The van der Waals surface area contributed by atoms with Gasteiger partial charge in [-0.1, -0.05) is 15.9 Å². The minimum Gasteiger partial charge on any atom is -0.478 e. The van der Waals surface area contributed by atoms with E-state index in [9.17, 15) is 9.59 Å². The predicted molar refractivity (Wildman–Crippen MR) is 72.4 cm³/mol. The van der Waals surface area contributed by atoms with E-state index < -0.39 is 11.9 Å². The van der Waals surface area contributed by atoms with Crippen molar-refractivity contribution in [2.75, 3.05) is 5.32 Å². The van der Waals surface area contributed by atoms with E-state index in [0.717, 1.165) is 0 Å². The van der Waals surface area contributed by atoms with Gasteiger partial charge in [0.15, 0.2) is 0 Å². The van der Waals surface area contributed by atoms with Gasteiger partial charge in [0.05, 0.1) is 23.0 Å². The van der Waals surface area contributed by atoms with E-state index >= 15 is 0 Å². The molecule has 0 spiro atoms. The third-order valence-corrected chi connectivity index (χ3v) is 3.03. The minimum absolute atomic E-state index is 0.0175. The Labute approximate surface area is 117 Å². The zero-order valence-corrected chi connectivity index (χ0v) is 11.5. The highest BCUT2D eigenvalue weighted by molar-refractivity contribution is 9.10. The summed E-state index contributed by atoms with van der Waals surface area (Å²) in [6.07, 6.45) is 1.39. The third kappa shape index (κ3) is 2.82. The van der Waals surface area contributed by atoms with Crippen LogP contribution in [0.5, 0.6) is 0 Å². The van der Waals surface area contributed by atoms with Crippen LogP contribution in [0, 0.1) is 6.92 Å². The number of H-pyrrole nitrogens is 1. The second-order valence-electron chi connectivity index (χ2n) is 3.86. The Morgan fingerprint density at radius 3 is 2.68 bits per heavy atom. The van der Waals surface area contributed by atoms with Crippen LogP contribution in [0.1, 0.15) is 26.4 Å². The molecule has 1 amide bonds. The van der Waals surface area contributed by atoms with Gasteiger partial charge in [0, 0.05) is 10.2 Å². The van der Waals surface area contributed by atoms with Gasteiger partial charge in [-0.2, -0.15) is 5.10 Å². The molecule has 0 saturated carbocycles. The van der Waals surface area contributed by atoms with E-state index in [0.29, 0.717) is 15.7 Å². The molecular formula is C12H10BrN3O3. The smallest absolute Gasteiger partial charge is 0.337 e. The number of aromatic nitrogens is 2. The molecule has 3 N–H and O–H groups in total. The Morgan fingerprint density at radius 1 is 1.37 bits per heavy atom. The van der Waals surface area contributed by atoms with Crippen molar-refractivity contribution in [3.63, 3.8) is 0 Å². The molecule has 19 heavy (non-hydrogen) atoms. The van der Waals surface area contributed by atoms with Crippen LogP contribution >= 0.6 is 15.9 Å². The van der Waals surface area contributed by atoms with Gasteiger partial charge in [-0.15, -0.1) is 0 Å². The number of aryl methyl sites for hydroxylation is 1. The number of aromatic carboxylic acids is 1. The SMILES string of the molecule is Cc1[nH]ncc1C(=O)Nc1ccc(Br)cc1C(=O)O. The van der Waals surface area contributed by atoms with Crippen molar-refractivity contribution in [2.24, 2.45) is 0 Å². The van der Waals surface area contributed by atoms with Gasteiger partial charge in [-0.05, 0) is 25.1 Å². The molecule has 6 nitrogen and oxygen atoms in total. The van der Waals surface area contributed by atoms with Gasteiger partial charge < -0.3 is 10.4 Å². The van der Waals surface area contributed by atoms with Gasteiger partial charge in [-0.25, -0.2) is 4.79 Å².